The monoisotopic (exact) mass is 742 g/mol. The van der Waals surface area contributed by atoms with Crippen LogP contribution in [0.15, 0.2) is 121 Å². The first-order valence-corrected chi connectivity index (χ1v) is 17.6. The summed E-state index contributed by atoms with van der Waals surface area (Å²) in [6.45, 7) is 1.95. The number of anilines is 1. The zero-order valence-electron chi connectivity index (χ0n) is 30.3. The standard InChI is InChI=1S/C40H38N8O7/c1-26-20-46(38(51)45-36(26)48-25-42-24-44-48)37-35-32(19-34(49)50)39(55-37,21-47(35)33-17-18-41-23-43-33)22-54-40(27-7-5-4-6-8-27,28-9-13-30(52-2)14-10-28)29-11-15-31(53-3)16-12-29/h4-18,20,23-25,32,35,37H,19,21-22H2,1-3H3,(H,49,50)/t32-,35+,37+,39+/m0/s1. The van der Waals surface area contributed by atoms with E-state index >= 15 is 0 Å². The summed E-state index contributed by atoms with van der Waals surface area (Å²) in [4.78, 5) is 45.6. The average Bonchev–Trinajstić information content (AvgIpc) is 3.94. The molecule has 5 heterocycles. The van der Waals surface area contributed by atoms with E-state index in [1.807, 2.05) is 83.8 Å². The minimum atomic E-state index is -1.25. The van der Waals surface area contributed by atoms with E-state index in [0.717, 1.165) is 16.7 Å². The molecule has 6 aromatic rings. The zero-order chi connectivity index (χ0) is 38.2. The van der Waals surface area contributed by atoms with Gasteiger partial charge in [-0.2, -0.15) is 10.1 Å². The van der Waals surface area contributed by atoms with Crippen molar-refractivity contribution in [3.05, 3.63) is 149 Å². The van der Waals surface area contributed by atoms with Crippen LogP contribution in [0, 0.1) is 12.8 Å². The van der Waals surface area contributed by atoms with Crippen LogP contribution in [0.3, 0.4) is 0 Å². The summed E-state index contributed by atoms with van der Waals surface area (Å²) in [5.41, 5.74) is -0.0255. The van der Waals surface area contributed by atoms with Crippen LogP contribution in [-0.4, -0.2) is 84.4 Å². The van der Waals surface area contributed by atoms with E-state index in [9.17, 15) is 14.7 Å². The third kappa shape index (κ3) is 6.26. The lowest BCUT2D eigenvalue weighted by Gasteiger charge is -2.42. The summed E-state index contributed by atoms with van der Waals surface area (Å²) < 4.78 is 28.3. The molecule has 2 aliphatic rings. The summed E-state index contributed by atoms with van der Waals surface area (Å²) in [6.07, 6.45) is 6.30. The Morgan fingerprint density at radius 2 is 1.60 bits per heavy atom. The second-order valence-corrected chi connectivity index (χ2v) is 13.5. The largest absolute Gasteiger partial charge is 0.497 e. The molecule has 8 rings (SSSR count). The lowest BCUT2D eigenvalue weighted by atomic mass is 9.79. The van der Waals surface area contributed by atoms with Gasteiger partial charge in [0.2, 0.25) is 0 Å². The van der Waals surface area contributed by atoms with Crippen LogP contribution in [0.1, 0.15) is 34.9 Å². The molecule has 2 aliphatic heterocycles. The van der Waals surface area contributed by atoms with Gasteiger partial charge in [-0.05, 0) is 53.9 Å². The highest BCUT2D eigenvalue weighted by molar-refractivity contribution is 5.68. The molecule has 1 N–H and O–H groups in total. The maximum absolute atomic E-state index is 13.9. The minimum absolute atomic E-state index is 0.0787. The van der Waals surface area contributed by atoms with Gasteiger partial charge in [-0.15, -0.1) is 0 Å². The second-order valence-electron chi connectivity index (χ2n) is 13.5. The van der Waals surface area contributed by atoms with Crippen molar-refractivity contribution in [2.24, 2.45) is 5.92 Å². The van der Waals surface area contributed by atoms with Gasteiger partial charge in [0.15, 0.2) is 12.0 Å². The first-order valence-electron chi connectivity index (χ1n) is 17.6. The lowest BCUT2D eigenvalue weighted by molar-refractivity contribution is -0.156. The maximum Gasteiger partial charge on any atom is 0.351 e. The van der Waals surface area contributed by atoms with Crippen LogP contribution in [0.25, 0.3) is 5.82 Å². The minimum Gasteiger partial charge on any atom is -0.497 e. The fourth-order valence-corrected chi connectivity index (χ4v) is 8.01. The van der Waals surface area contributed by atoms with Crippen molar-refractivity contribution in [1.29, 1.82) is 0 Å². The Morgan fingerprint density at radius 1 is 0.927 bits per heavy atom. The van der Waals surface area contributed by atoms with E-state index in [0.29, 0.717) is 28.7 Å². The summed E-state index contributed by atoms with van der Waals surface area (Å²) in [6, 6.07) is 26.2. The van der Waals surface area contributed by atoms with Crippen LogP contribution >= 0.6 is 0 Å². The number of aryl methyl sites for hydroxylation is 1. The van der Waals surface area contributed by atoms with Crippen molar-refractivity contribution < 1.29 is 28.8 Å². The zero-order valence-corrected chi connectivity index (χ0v) is 30.3. The van der Waals surface area contributed by atoms with Crippen molar-refractivity contribution >= 4 is 11.8 Å². The number of carbonyl (C=O) groups is 1. The number of methoxy groups -OCH3 is 2. The van der Waals surface area contributed by atoms with Gasteiger partial charge in [0.1, 0.15) is 47.5 Å². The maximum atomic E-state index is 13.9. The Balaban J connectivity index is 1.28. The molecule has 0 aliphatic carbocycles. The number of aromatic nitrogens is 7. The number of nitrogens with zero attached hydrogens (tertiary/aromatic N) is 8. The van der Waals surface area contributed by atoms with Crippen molar-refractivity contribution in [3.63, 3.8) is 0 Å². The summed E-state index contributed by atoms with van der Waals surface area (Å²) in [5, 5.41) is 14.6. The second kappa shape index (κ2) is 14.4. The highest BCUT2D eigenvalue weighted by Gasteiger charge is 2.65. The molecule has 3 aromatic heterocycles. The molecule has 55 heavy (non-hydrogen) atoms. The molecule has 4 atom stereocenters. The predicted octanol–water partition coefficient (Wildman–Crippen LogP) is 4.20. The first-order chi connectivity index (χ1) is 26.8. The number of morpholine rings is 1. The summed E-state index contributed by atoms with van der Waals surface area (Å²) in [7, 11) is 3.22. The molecule has 0 saturated carbocycles. The molecule has 2 fully saturated rings. The van der Waals surface area contributed by atoms with Crippen molar-refractivity contribution in [2.75, 3.05) is 32.3 Å². The topological polar surface area (TPSA) is 169 Å². The summed E-state index contributed by atoms with van der Waals surface area (Å²) >= 11 is 0. The van der Waals surface area contributed by atoms with Crippen molar-refractivity contribution in [1.82, 2.24) is 34.3 Å². The number of aliphatic carboxylic acids is 1. The fourth-order valence-electron chi connectivity index (χ4n) is 8.01. The van der Waals surface area contributed by atoms with E-state index in [1.165, 1.54) is 28.2 Å². The quantitative estimate of drug-likeness (QED) is 0.167. The normalized spacial score (nSPS) is 20.4. The number of carboxylic acids is 1. The van der Waals surface area contributed by atoms with Gasteiger partial charge in [0.05, 0.1) is 39.8 Å². The van der Waals surface area contributed by atoms with E-state index in [4.69, 9.17) is 18.9 Å². The Kier molecular flexibility index (Phi) is 9.32. The van der Waals surface area contributed by atoms with Crippen LogP contribution in [0.5, 0.6) is 11.5 Å². The van der Waals surface area contributed by atoms with Crippen molar-refractivity contribution in [3.8, 4) is 17.3 Å². The van der Waals surface area contributed by atoms with Crippen LogP contribution < -0.4 is 20.1 Å². The summed E-state index contributed by atoms with van der Waals surface area (Å²) in [5.74, 6) is 0.545. The van der Waals surface area contributed by atoms with E-state index in [2.05, 4.69) is 25.0 Å². The van der Waals surface area contributed by atoms with E-state index in [1.54, 1.807) is 39.6 Å². The predicted molar refractivity (Wildman–Crippen MR) is 198 cm³/mol. The van der Waals surface area contributed by atoms with E-state index < -0.39 is 41.0 Å². The first kappa shape index (κ1) is 35.6. The molecule has 0 amide bonds. The van der Waals surface area contributed by atoms with Crippen molar-refractivity contribution in [2.45, 2.75) is 36.8 Å². The Hall–Kier alpha value is -6.45. The van der Waals surface area contributed by atoms with Gasteiger partial charge in [-0.3, -0.25) is 9.36 Å². The highest BCUT2D eigenvalue weighted by Crippen LogP contribution is 2.54. The molecule has 0 unspecified atom stereocenters. The molecule has 0 spiro atoms. The number of carboxylic acid groups (broad SMARTS) is 1. The Morgan fingerprint density at radius 3 is 2.18 bits per heavy atom. The molecule has 3 aromatic carbocycles. The third-order valence-electron chi connectivity index (χ3n) is 10.5. The molecule has 15 nitrogen and oxygen atoms in total. The number of fused-ring (bicyclic) bond motifs is 2. The van der Waals surface area contributed by atoms with Gasteiger partial charge >= 0.3 is 11.7 Å². The molecule has 280 valence electrons. The van der Waals surface area contributed by atoms with Gasteiger partial charge in [-0.25, -0.2) is 24.4 Å². The average molecular weight is 743 g/mol. The lowest BCUT2D eigenvalue weighted by Crippen LogP contribution is -2.51. The Labute approximate surface area is 315 Å². The van der Waals surface area contributed by atoms with Crippen LogP contribution in [0.2, 0.25) is 0 Å². The van der Waals surface area contributed by atoms with Gasteiger partial charge < -0.3 is 29.0 Å². The molecular weight excluding hydrogens is 704 g/mol. The van der Waals surface area contributed by atoms with E-state index in [-0.39, 0.29) is 19.6 Å². The molecular formula is C40H38N8O7. The smallest absolute Gasteiger partial charge is 0.351 e. The molecule has 0 radical (unpaired) electrons. The van der Waals surface area contributed by atoms with Gasteiger partial charge in [0, 0.05) is 23.9 Å². The highest BCUT2D eigenvalue weighted by atomic mass is 16.6. The number of hydrogen-bond donors (Lipinski definition) is 1. The van der Waals surface area contributed by atoms with Gasteiger partial charge in [-0.1, -0.05) is 54.6 Å². The fraction of sp³-hybridized carbons (Fsp3) is 0.275. The SMILES string of the molecule is COc1ccc(C(OC[C@@]23CN(c4ccncn4)[C@@H]([C@H](n4cc(C)c(-n5cncn5)nc4=O)O2)[C@@H]3CC(=O)O)(c2ccccc2)c2ccc(OC)cc2)cc1. The number of rotatable bonds is 13. The number of hydrogen-bond acceptors (Lipinski definition) is 12. The Bertz CT molecular complexity index is 2280. The van der Waals surface area contributed by atoms with Crippen LogP contribution in [-0.2, 0) is 19.9 Å². The number of ether oxygens (including phenoxy) is 4. The third-order valence-corrected chi connectivity index (χ3v) is 10.5. The molecule has 2 saturated heterocycles. The molecule has 15 heteroatoms. The molecule has 2 bridgehead atoms. The van der Waals surface area contributed by atoms with Gasteiger partial charge in [0.25, 0.3) is 0 Å². The number of benzene rings is 3. The van der Waals surface area contributed by atoms with Crippen LogP contribution in [0.4, 0.5) is 5.82 Å².